The molecule has 1 aliphatic rings. The van der Waals surface area contributed by atoms with Gasteiger partial charge >= 0.3 is 0 Å². The van der Waals surface area contributed by atoms with E-state index in [-0.39, 0.29) is 33.8 Å². The summed E-state index contributed by atoms with van der Waals surface area (Å²) in [6.45, 7) is 1.32. The fourth-order valence-corrected chi connectivity index (χ4v) is 7.30. The first-order chi connectivity index (χ1) is 17.2. The Hall–Kier alpha value is -3.29. The zero-order chi connectivity index (χ0) is 25.8. The molecule has 1 aromatic heterocycles. The van der Waals surface area contributed by atoms with Crippen molar-refractivity contribution in [2.75, 3.05) is 26.0 Å². The van der Waals surface area contributed by atoms with Crippen LogP contribution in [0.4, 0.5) is 4.39 Å². The van der Waals surface area contributed by atoms with Crippen molar-refractivity contribution in [3.05, 3.63) is 78.3 Å². The number of allylic oxidation sites excluding steroid dienone is 2. The Bertz CT molecular complexity index is 1520. The maximum Gasteiger partial charge on any atom is 0.253 e. The lowest BCUT2D eigenvalue weighted by molar-refractivity contribution is -0.191. The summed E-state index contributed by atoms with van der Waals surface area (Å²) in [4.78, 5) is 14.1. The summed E-state index contributed by atoms with van der Waals surface area (Å²) in [7, 11) is -9.26. The number of hydrogen-bond donors (Lipinski definition) is 1. The number of hydrogen-bond acceptors (Lipinski definition) is 9. The van der Waals surface area contributed by atoms with Crippen LogP contribution in [0.15, 0.2) is 64.9 Å². The third kappa shape index (κ3) is 5.91. The molecule has 0 amide bonds. The summed E-state index contributed by atoms with van der Waals surface area (Å²) in [5, 5.41) is 9.45. The van der Waals surface area contributed by atoms with Crippen molar-refractivity contribution in [3.63, 3.8) is 0 Å². The maximum atomic E-state index is 15.3. The number of sulfonamides is 1. The van der Waals surface area contributed by atoms with Crippen molar-refractivity contribution in [1.29, 1.82) is 5.26 Å². The van der Waals surface area contributed by atoms with E-state index in [1.807, 2.05) is 27.8 Å². The molecule has 1 N–H and O–H groups in total. The van der Waals surface area contributed by atoms with Gasteiger partial charge in [-0.25, -0.2) is 22.4 Å². The Morgan fingerprint density at radius 3 is 2.75 bits per heavy atom. The molecule has 9 nitrogen and oxygen atoms in total. The van der Waals surface area contributed by atoms with Crippen LogP contribution in [0.25, 0.3) is 10.1 Å². The van der Waals surface area contributed by atoms with Crippen LogP contribution in [0.2, 0.25) is 0 Å². The molecule has 1 unspecified atom stereocenters. The zero-order valence-corrected chi connectivity index (χ0v) is 21.1. The Morgan fingerprint density at radius 2 is 2.06 bits per heavy atom. The molecule has 1 aliphatic heterocycles. The highest BCUT2D eigenvalue weighted by Crippen LogP contribution is 2.40. The fourth-order valence-electron chi connectivity index (χ4n) is 3.30. The van der Waals surface area contributed by atoms with Crippen LogP contribution in [0, 0.1) is 23.3 Å². The summed E-state index contributed by atoms with van der Waals surface area (Å²) < 4.78 is 64.9. The number of nitriles is 1. The normalized spacial score (nSPS) is 14.8. The molecule has 0 aliphatic carbocycles. The summed E-state index contributed by atoms with van der Waals surface area (Å²) >= 11 is 0.576. The first kappa shape index (κ1) is 25.8. The second-order valence-corrected chi connectivity index (χ2v) is 12.2. The highest BCUT2D eigenvalue weighted by atomic mass is 32.2. The SMILES string of the molecule is N#Cc1c(OCCN2[C+]=CC=CC2)ccc2sc(S(=O)(=O)NCP(=O)([O-])Oc3ccccc3)c(F)c12. The van der Waals surface area contributed by atoms with E-state index in [2.05, 4.69) is 6.20 Å². The van der Waals surface area contributed by atoms with Crippen LogP contribution in [-0.2, 0) is 14.6 Å². The van der Waals surface area contributed by atoms with E-state index >= 15 is 4.39 Å². The molecule has 2 heterocycles. The molecule has 0 bridgehead atoms. The van der Waals surface area contributed by atoms with Crippen LogP contribution >= 0.6 is 18.9 Å². The van der Waals surface area contributed by atoms with Crippen LogP contribution < -0.4 is 18.9 Å². The molecule has 36 heavy (non-hydrogen) atoms. The molecule has 0 spiro atoms. The highest BCUT2D eigenvalue weighted by molar-refractivity contribution is 7.92. The molecule has 186 valence electrons. The van der Waals surface area contributed by atoms with Gasteiger partial charge in [0.15, 0.2) is 29.9 Å². The number of para-hydroxylation sites is 1. The summed E-state index contributed by atoms with van der Waals surface area (Å²) in [5.74, 6) is -1.04. The molecule has 1 atom stereocenters. The second kappa shape index (κ2) is 10.8. The van der Waals surface area contributed by atoms with E-state index in [0.717, 1.165) is 0 Å². The Labute approximate surface area is 211 Å². The molecular formula is C23H19FN3O6PS2. The number of nitrogens with zero attached hydrogens (tertiary/aromatic N) is 2. The number of nitrogens with one attached hydrogen (secondary N) is 1. The highest BCUT2D eigenvalue weighted by Gasteiger charge is 2.28. The lowest BCUT2D eigenvalue weighted by Crippen LogP contribution is -2.29. The largest absolute Gasteiger partial charge is 0.768 e. The lowest BCUT2D eigenvalue weighted by atomic mass is 10.1. The molecule has 0 saturated heterocycles. The minimum atomic E-state index is -4.67. The summed E-state index contributed by atoms with van der Waals surface area (Å²) in [6, 6.07) is 12.4. The fraction of sp³-hybridized carbons (Fsp3) is 0.174. The summed E-state index contributed by atoms with van der Waals surface area (Å²) in [5.41, 5.74) is -0.150. The van der Waals surface area contributed by atoms with E-state index in [0.29, 0.717) is 24.4 Å². The van der Waals surface area contributed by atoms with Gasteiger partial charge in [0.1, 0.15) is 29.7 Å². The topological polar surface area (TPSA) is 132 Å². The molecule has 0 fully saturated rings. The molecule has 0 saturated carbocycles. The number of thiophene rings is 1. The number of benzene rings is 2. The predicted molar refractivity (Wildman–Crippen MR) is 130 cm³/mol. The van der Waals surface area contributed by atoms with Gasteiger partial charge in [-0.3, -0.25) is 4.57 Å². The van der Waals surface area contributed by atoms with Crippen LogP contribution in [0.5, 0.6) is 11.5 Å². The van der Waals surface area contributed by atoms with Gasteiger partial charge in [-0.1, -0.05) is 18.2 Å². The average molecular weight is 548 g/mol. The van der Waals surface area contributed by atoms with E-state index in [9.17, 15) is 23.1 Å². The van der Waals surface area contributed by atoms with Gasteiger partial charge in [-0.05, 0) is 24.3 Å². The molecule has 2 aromatic carbocycles. The molecular weight excluding hydrogens is 528 g/mol. The van der Waals surface area contributed by atoms with Crippen LogP contribution in [0.3, 0.4) is 0 Å². The van der Waals surface area contributed by atoms with E-state index in [1.54, 1.807) is 24.3 Å². The van der Waals surface area contributed by atoms with E-state index < -0.39 is 33.9 Å². The zero-order valence-electron chi connectivity index (χ0n) is 18.6. The first-order valence-electron chi connectivity index (χ1n) is 10.5. The van der Waals surface area contributed by atoms with Crippen LogP contribution in [0.1, 0.15) is 5.56 Å². The van der Waals surface area contributed by atoms with Gasteiger partial charge in [0.25, 0.3) is 10.0 Å². The third-order valence-electron chi connectivity index (χ3n) is 4.96. The van der Waals surface area contributed by atoms with Crippen molar-refractivity contribution >= 4 is 39.0 Å². The van der Waals surface area contributed by atoms with E-state index in [4.69, 9.17) is 9.26 Å². The van der Waals surface area contributed by atoms with Gasteiger partial charge in [0, 0.05) is 10.8 Å². The molecule has 0 radical (unpaired) electrons. The number of ether oxygens (including phenoxy) is 1. The molecule has 3 aromatic rings. The van der Waals surface area contributed by atoms with Gasteiger partial charge in [-0.2, -0.15) is 5.26 Å². The smallest absolute Gasteiger partial charge is 0.253 e. The monoisotopic (exact) mass is 547 g/mol. The third-order valence-corrected chi connectivity index (χ3v) is 9.23. The molecule has 13 heteroatoms. The summed E-state index contributed by atoms with van der Waals surface area (Å²) in [6.07, 6.45) is 7.50. The predicted octanol–water partition coefficient (Wildman–Crippen LogP) is 3.35. The lowest BCUT2D eigenvalue weighted by Gasteiger charge is -2.24. The minimum absolute atomic E-state index is 0.0138. The number of rotatable bonds is 10. The van der Waals surface area contributed by atoms with E-state index in [1.165, 1.54) is 24.3 Å². The molecule has 4 rings (SSSR count). The van der Waals surface area contributed by atoms with Crippen molar-refractivity contribution < 1.29 is 31.5 Å². The maximum absolute atomic E-state index is 15.3. The van der Waals surface area contributed by atoms with Crippen molar-refractivity contribution in [1.82, 2.24) is 9.62 Å². The average Bonchev–Trinajstić information content (AvgIpc) is 3.21. The minimum Gasteiger partial charge on any atom is -0.768 e. The van der Waals surface area contributed by atoms with Gasteiger partial charge in [-0.15, -0.1) is 11.3 Å². The van der Waals surface area contributed by atoms with Crippen molar-refractivity contribution in [2.24, 2.45) is 0 Å². The number of halogens is 1. The van der Waals surface area contributed by atoms with Crippen molar-refractivity contribution in [3.8, 4) is 17.6 Å². The number of fused-ring (bicyclic) bond motifs is 1. The Morgan fingerprint density at radius 1 is 1.28 bits per heavy atom. The van der Waals surface area contributed by atoms with Crippen LogP contribution in [-0.4, -0.2) is 39.3 Å². The quantitative estimate of drug-likeness (QED) is 0.302. The standard InChI is InChI=1S/C23H19FN3O6PS2/c24-22-21-18(15-25)19(32-14-13-27-11-5-2-6-12-27)9-10-20(21)35-23(22)36(30,31)26-16-34(28,29)33-17-7-3-1-4-8-17/h1-10,26H,11,13-14,16H2. The Balaban J connectivity index is 1.52. The van der Waals surface area contributed by atoms with Gasteiger partial charge in [0.2, 0.25) is 0 Å². The van der Waals surface area contributed by atoms with Gasteiger partial charge < -0.3 is 14.2 Å². The van der Waals surface area contributed by atoms with Gasteiger partial charge in [0.05, 0.1) is 30.8 Å². The first-order valence-corrected chi connectivity index (χ1v) is 14.5. The van der Waals surface area contributed by atoms with Crippen molar-refractivity contribution in [2.45, 2.75) is 4.21 Å². The Kier molecular flexibility index (Phi) is 7.71. The second-order valence-electron chi connectivity index (χ2n) is 7.47.